The molecule has 0 aromatic carbocycles. The number of carboxylic acids is 1. The number of nitrogens with two attached hydrogens (primary N) is 1. The Kier molecular flexibility index (Phi) is 9.16. The highest BCUT2D eigenvalue weighted by Crippen LogP contribution is 2.10. The highest BCUT2D eigenvalue weighted by Gasteiger charge is 2.23. The Balaban J connectivity index is 4.62. The van der Waals surface area contributed by atoms with E-state index in [9.17, 15) is 14.4 Å². The summed E-state index contributed by atoms with van der Waals surface area (Å²) >= 11 is 0. The molecule has 0 unspecified atom stereocenters. The van der Waals surface area contributed by atoms with E-state index in [1.54, 1.807) is 4.90 Å². The predicted octanol–water partition coefficient (Wildman–Crippen LogP) is 1.17. The van der Waals surface area contributed by atoms with E-state index in [1.165, 1.54) is 0 Å². The number of hydrogen-bond acceptors (Lipinski definition) is 3. The van der Waals surface area contributed by atoms with Crippen molar-refractivity contribution in [2.45, 2.75) is 52.5 Å². The predicted molar refractivity (Wildman–Crippen MR) is 79.7 cm³/mol. The van der Waals surface area contributed by atoms with Crippen LogP contribution in [-0.4, -0.2) is 47.0 Å². The summed E-state index contributed by atoms with van der Waals surface area (Å²) in [7, 11) is 0. The molecule has 1 atom stereocenters. The van der Waals surface area contributed by atoms with Gasteiger partial charge in [-0.1, -0.05) is 26.7 Å². The second-order valence-corrected chi connectivity index (χ2v) is 5.07. The minimum absolute atomic E-state index is 0.00105. The number of amides is 3. The number of nitrogens with one attached hydrogen (secondary N) is 1. The topological polar surface area (TPSA) is 113 Å². The van der Waals surface area contributed by atoms with Crippen LogP contribution in [0.15, 0.2) is 0 Å². The fraction of sp³-hybridized carbons (Fsp3) is 0.786. The molecule has 122 valence electrons. The number of nitrogens with zero attached hydrogens (tertiary/aromatic N) is 1. The van der Waals surface area contributed by atoms with Gasteiger partial charge in [0.1, 0.15) is 6.04 Å². The third kappa shape index (κ3) is 7.53. The van der Waals surface area contributed by atoms with Crippen molar-refractivity contribution in [3.05, 3.63) is 0 Å². The number of carbonyl (C=O) groups is 3. The molecule has 0 aliphatic rings. The summed E-state index contributed by atoms with van der Waals surface area (Å²) in [6.45, 7) is 7.07. The molecular weight excluding hydrogens is 274 g/mol. The number of aliphatic carboxylic acids is 1. The van der Waals surface area contributed by atoms with Crippen LogP contribution in [0.1, 0.15) is 46.5 Å². The van der Waals surface area contributed by atoms with Gasteiger partial charge < -0.3 is 21.1 Å². The van der Waals surface area contributed by atoms with Gasteiger partial charge in [0.15, 0.2) is 0 Å². The van der Waals surface area contributed by atoms with Gasteiger partial charge in [0, 0.05) is 19.5 Å². The molecule has 7 heteroatoms. The lowest BCUT2D eigenvalue weighted by Gasteiger charge is -2.27. The van der Waals surface area contributed by atoms with Gasteiger partial charge in [0.25, 0.3) is 0 Å². The van der Waals surface area contributed by atoms with Crippen molar-refractivity contribution in [3.8, 4) is 0 Å². The van der Waals surface area contributed by atoms with Crippen molar-refractivity contribution in [2.75, 3.05) is 13.1 Å². The molecule has 0 spiro atoms. The first kappa shape index (κ1) is 19.2. The van der Waals surface area contributed by atoms with Crippen LogP contribution in [0.3, 0.4) is 0 Å². The van der Waals surface area contributed by atoms with E-state index in [4.69, 9.17) is 10.8 Å². The smallest absolute Gasteiger partial charge is 0.326 e. The molecule has 7 nitrogen and oxygen atoms in total. The molecule has 3 amide bonds. The number of rotatable bonds is 10. The minimum atomic E-state index is -1.16. The maximum absolute atomic E-state index is 12.1. The summed E-state index contributed by atoms with van der Waals surface area (Å²) in [5.41, 5.74) is 5.00. The van der Waals surface area contributed by atoms with Gasteiger partial charge >= 0.3 is 12.0 Å². The van der Waals surface area contributed by atoms with Crippen LogP contribution >= 0.6 is 0 Å². The third-order valence-electron chi connectivity index (χ3n) is 3.58. The van der Waals surface area contributed by atoms with Crippen molar-refractivity contribution < 1.29 is 19.5 Å². The first-order valence-electron chi connectivity index (χ1n) is 7.42. The average molecular weight is 301 g/mol. The second-order valence-electron chi connectivity index (χ2n) is 5.07. The summed E-state index contributed by atoms with van der Waals surface area (Å²) in [4.78, 5) is 35.6. The van der Waals surface area contributed by atoms with E-state index in [-0.39, 0.29) is 12.8 Å². The van der Waals surface area contributed by atoms with Crippen LogP contribution in [0.5, 0.6) is 0 Å². The lowest BCUT2D eigenvalue weighted by molar-refractivity contribution is -0.139. The molecule has 0 aromatic rings. The quantitative estimate of drug-likeness (QED) is 0.562. The molecule has 0 rings (SSSR count). The van der Waals surface area contributed by atoms with Crippen LogP contribution in [0.25, 0.3) is 0 Å². The van der Waals surface area contributed by atoms with Crippen molar-refractivity contribution in [1.29, 1.82) is 0 Å². The van der Waals surface area contributed by atoms with Gasteiger partial charge in [-0.3, -0.25) is 4.79 Å². The molecule has 0 bridgehead atoms. The van der Waals surface area contributed by atoms with E-state index in [1.807, 2.05) is 6.92 Å². The van der Waals surface area contributed by atoms with E-state index in [0.29, 0.717) is 19.0 Å². The SMILES string of the molecule is CCC(CC)CN(CC)C(=O)N[C@@H](CCC(N)=O)C(=O)O. The first-order chi connectivity index (χ1) is 9.85. The van der Waals surface area contributed by atoms with Gasteiger partial charge in [0.05, 0.1) is 0 Å². The lowest BCUT2D eigenvalue weighted by Crippen LogP contribution is -2.49. The Morgan fingerprint density at radius 1 is 1.19 bits per heavy atom. The molecule has 0 saturated heterocycles. The minimum Gasteiger partial charge on any atom is -0.480 e. The van der Waals surface area contributed by atoms with Crippen LogP contribution < -0.4 is 11.1 Å². The Hall–Kier alpha value is -1.79. The maximum Gasteiger partial charge on any atom is 0.326 e. The van der Waals surface area contributed by atoms with Crippen LogP contribution in [0.4, 0.5) is 4.79 Å². The van der Waals surface area contributed by atoms with Crippen LogP contribution in [0.2, 0.25) is 0 Å². The Morgan fingerprint density at radius 2 is 1.76 bits per heavy atom. The number of primary amides is 1. The Labute approximate surface area is 125 Å². The van der Waals surface area contributed by atoms with Crippen molar-refractivity contribution >= 4 is 17.9 Å². The van der Waals surface area contributed by atoms with Crippen molar-refractivity contribution in [2.24, 2.45) is 11.7 Å². The normalized spacial score (nSPS) is 12.0. The molecule has 0 aromatic heterocycles. The van der Waals surface area contributed by atoms with E-state index in [2.05, 4.69) is 19.2 Å². The number of urea groups is 1. The molecule has 0 heterocycles. The third-order valence-corrected chi connectivity index (χ3v) is 3.58. The average Bonchev–Trinajstić information content (AvgIpc) is 2.44. The highest BCUT2D eigenvalue weighted by atomic mass is 16.4. The largest absolute Gasteiger partial charge is 0.480 e. The molecule has 0 aliphatic carbocycles. The fourth-order valence-corrected chi connectivity index (χ4v) is 2.00. The Bertz CT molecular complexity index is 356. The molecule has 4 N–H and O–H groups in total. The fourth-order valence-electron chi connectivity index (χ4n) is 2.00. The summed E-state index contributed by atoms with van der Waals surface area (Å²) in [5, 5.41) is 11.5. The highest BCUT2D eigenvalue weighted by molar-refractivity contribution is 5.83. The van der Waals surface area contributed by atoms with E-state index < -0.39 is 23.9 Å². The molecule has 0 aliphatic heterocycles. The van der Waals surface area contributed by atoms with Crippen molar-refractivity contribution in [1.82, 2.24) is 10.2 Å². The molecular formula is C14H27N3O4. The van der Waals surface area contributed by atoms with E-state index >= 15 is 0 Å². The van der Waals surface area contributed by atoms with E-state index in [0.717, 1.165) is 12.8 Å². The number of carbonyl (C=O) groups excluding carboxylic acids is 2. The maximum atomic E-state index is 12.1. The monoisotopic (exact) mass is 301 g/mol. The zero-order valence-electron chi connectivity index (χ0n) is 13.1. The summed E-state index contributed by atoms with van der Waals surface area (Å²) in [6.07, 6.45) is 1.85. The molecule has 21 heavy (non-hydrogen) atoms. The lowest BCUT2D eigenvalue weighted by atomic mass is 10.0. The second kappa shape index (κ2) is 10.0. The zero-order chi connectivity index (χ0) is 16.4. The standard InChI is InChI=1S/C14H27N3O4/c1-4-10(5-2)9-17(6-3)14(21)16-11(13(19)20)7-8-12(15)18/h10-11H,4-9H2,1-3H3,(H2,15,18)(H,16,21)(H,19,20)/t11-/m0/s1. The van der Waals surface area contributed by atoms with Gasteiger partial charge in [-0.05, 0) is 19.3 Å². The molecule has 0 radical (unpaired) electrons. The zero-order valence-corrected chi connectivity index (χ0v) is 13.1. The Morgan fingerprint density at radius 3 is 2.14 bits per heavy atom. The van der Waals surface area contributed by atoms with Crippen LogP contribution in [-0.2, 0) is 9.59 Å². The van der Waals surface area contributed by atoms with Gasteiger partial charge in [-0.25, -0.2) is 9.59 Å². The van der Waals surface area contributed by atoms with Gasteiger partial charge in [0.2, 0.25) is 5.91 Å². The molecule has 0 fully saturated rings. The number of hydrogen-bond donors (Lipinski definition) is 3. The number of carboxylic acid groups (broad SMARTS) is 1. The summed E-state index contributed by atoms with van der Waals surface area (Å²) in [6, 6.07) is -1.51. The molecule has 0 saturated carbocycles. The summed E-state index contributed by atoms with van der Waals surface area (Å²) in [5.74, 6) is -1.35. The van der Waals surface area contributed by atoms with Crippen LogP contribution in [0, 0.1) is 5.92 Å². The van der Waals surface area contributed by atoms with Crippen molar-refractivity contribution in [3.63, 3.8) is 0 Å². The summed E-state index contributed by atoms with van der Waals surface area (Å²) < 4.78 is 0. The van der Waals surface area contributed by atoms with Gasteiger partial charge in [-0.15, -0.1) is 0 Å². The first-order valence-corrected chi connectivity index (χ1v) is 7.42. The van der Waals surface area contributed by atoms with Gasteiger partial charge in [-0.2, -0.15) is 0 Å².